The molecule has 0 fully saturated rings. The van der Waals surface area contributed by atoms with Gasteiger partial charge in [0.2, 0.25) is 5.91 Å². The zero-order chi connectivity index (χ0) is 13.5. The third-order valence-corrected chi connectivity index (χ3v) is 3.62. The average Bonchev–Trinajstić information content (AvgIpc) is 2.31. The van der Waals surface area contributed by atoms with E-state index < -0.39 is 0 Å². The summed E-state index contributed by atoms with van der Waals surface area (Å²) in [6.45, 7) is 5.57. The number of hydrogen-bond acceptors (Lipinski definition) is 2. The Morgan fingerprint density at radius 2 is 2.17 bits per heavy atom. The topological polar surface area (TPSA) is 32.3 Å². The van der Waals surface area contributed by atoms with E-state index in [1.165, 1.54) is 0 Å². The number of nitrogens with zero attached hydrogens (tertiary/aromatic N) is 1. The number of halogens is 1. The maximum Gasteiger partial charge on any atom is 0.238 e. The van der Waals surface area contributed by atoms with Crippen LogP contribution in [0.25, 0.3) is 0 Å². The van der Waals surface area contributed by atoms with Crippen LogP contribution in [0, 0.1) is 6.92 Å². The second-order valence-corrected chi connectivity index (χ2v) is 5.46. The molecule has 100 valence electrons. The van der Waals surface area contributed by atoms with E-state index >= 15 is 0 Å². The highest BCUT2D eigenvalue weighted by molar-refractivity contribution is 9.10. The van der Waals surface area contributed by atoms with E-state index in [-0.39, 0.29) is 5.91 Å². The van der Waals surface area contributed by atoms with Crippen molar-refractivity contribution in [3.63, 3.8) is 0 Å². The van der Waals surface area contributed by atoms with Gasteiger partial charge in [0.1, 0.15) is 0 Å². The predicted octanol–water partition coefficient (Wildman–Crippen LogP) is 3.43. The summed E-state index contributed by atoms with van der Waals surface area (Å²) in [6, 6.07) is 5.84. The number of unbranched alkanes of at least 4 members (excludes halogenated alkanes) is 1. The molecule has 3 nitrogen and oxygen atoms in total. The van der Waals surface area contributed by atoms with Gasteiger partial charge >= 0.3 is 0 Å². The number of benzene rings is 1. The van der Waals surface area contributed by atoms with Gasteiger partial charge in [-0.25, -0.2) is 0 Å². The summed E-state index contributed by atoms with van der Waals surface area (Å²) >= 11 is 3.46. The first-order valence-electron chi connectivity index (χ1n) is 6.27. The number of anilines is 1. The molecule has 0 aliphatic carbocycles. The van der Waals surface area contributed by atoms with Gasteiger partial charge in [-0.2, -0.15) is 0 Å². The number of likely N-dealkylation sites (N-methyl/N-ethyl adjacent to an activating group) is 1. The largest absolute Gasteiger partial charge is 0.325 e. The summed E-state index contributed by atoms with van der Waals surface area (Å²) in [5, 5.41) is 2.91. The number of nitrogens with one attached hydrogen (secondary N) is 1. The van der Waals surface area contributed by atoms with Crippen LogP contribution in [0.1, 0.15) is 25.3 Å². The molecule has 1 aromatic rings. The maximum absolute atomic E-state index is 11.8. The summed E-state index contributed by atoms with van der Waals surface area (Å²) in [5.74, 6) is 0.0318. The molecule has 4 heteroatoms. The van der Waals surface area contributed by atoms with Gasteiger partial charge in [-0.05, 0) is 44.6 Å². The molecule has 0 saturated heterocycles. The van der Waals surface area contributed by atoms with Crippen molar-refractivity contribution in [3.05, 3.63) is 28.2 Å². The van der Waals surface area contributed by atoms with E-state index in [0.29, 0.717) is 6.54 Å². The zero-order valence-electron chi connectivity index (χ0n) is 11.3. The van der Waals surface area contributed by atoms with Gasteiger partial charge < -0.3 is 5.32 Å². The Labute approximate surface area is 118 Å². The van der Waals surface area contributed by atoms with Crippen molar-refractivity contribution in [1.29, 1.82) is 0 Å². The lowest BCUT2D eigenvalue weighted by molar-refractivity contribution is -0.117. The van der Waals surface area contributed by atoms with Crippen LogP contribution in [-0.4, -0.2) is 30.9 Å². The van der Waals surface area contributed by atoms with Crippen LogP contribution in [0.2, 0.25) is 0 Å². The Morgan fingerprint density at radius 1 is 1.44 bits per heavy atom. The molecule has 1 rings (SSSR count). The smallest absolute Gasteiger partial charge is 0.238 e. The van der Waals surface area contributed by atoms with Gasteiger partial charge in [-0.15, -0.1) is 0 Å². The highest BCUT2D eigenvalue weighted by Crippen LogP contribution is 2.20. The van der Waals surface area contributed by atoms with Crippen LogP contribution < -0.4 is 5.32 Å². The maximum atomic E-state index is 11.8. The SMILES string of the molecule is CCCCN(C)CC(=O)Nc1ccc(C)c(Br)c1. The Balaban J connectivity index is 2.46. The summed E-state index contributed by atoms with van der Waals surface area (Å²) in [7, 11) is 1.97. The predicted molar refractivity (Wildman–Crippen MR) is 79.9 cm³/mol. The van der Waals surface area contributed by atoms with E-state index in [0.717, 1.165) is 35.1 Å². The highest BCUT2D eigenvalue weighted by Gasteiger charge is 2.07. The Kier molecular flexibility index (Phi) is 6.36. The molecule has 1 N–H and O–H groups in total. The van der Waals surface area contributed by atoms with Crippen molar-refractivity contribution in [2.24, 2.45) is 0 Å². The second-order valence-electron chi connectivity index (χ2n) is 4.60. The van der Waals surface area contributed by atoms with Gasteiger partial charge in [-0.1, -0.05) is 35.3 Å². The molecular formula is C14H21BrN2O. The number of amides is 1. The van der Waals surface area contributed by atoms with Crippen LogP contribution in [0.4, 0.5) is 5.69 Å². The first-order chi connectivity index (χ1) is 8.52. The van der Waals surface area contributed by atoms with Crippen LogP contribution in [0.3, 0.4) is 0 Å². The van der Waals surface area contributed by atoms with Crippen molar-refractivity contribution in [3.8, 4) is 0 Å². The Bertz CT molecular complexity index is 407. The monoisotopic (exact) mass is 312 g/mol. The molecule has 0 atom stereocenters. The molecule has 0 spiro atoms. The van der Waals surface area contributed by atoms with E-state index in [1.54, 1.807) is 0 Å². The third kappa shape index (κ3) is 5.19. The van der Waals surface area contributed by atoms with Crippen LogP contribution in [0.5, 0.6) is 0 Å². The second kappa shape index (κ2) is 7.54. The van der Waals surface area contributed by atoms with Crippen molar-refractivity contribution in [2.45, 2.75) is 26.7 Å². The number of carbonyl (C=O) groups is 1. The average molecular weight is 313 g/mol. The third-order valence-electron chi connectivity index (χ3n) is 2.76. The van der Waals surface area contributed by atoms with Crippen LogP contribution in [0.15, 0.2) is 22.7 Å². The minimum atomic E-state index is 0.0318. The molecule has 0 bridgehead atoms. The molecule has 0 saturated carbocycles. The van der Waals surface area contributed by atoms with Crippen molar-refractivity contribution < 1.29 is 4.79 Å². The molecule has 0 radical (unpaired) electrons. The van der Waals surface area contributed by atoms with Crippen molar-refractivity contribution >= 4 is 27.5 Å². The van der Waals surface area contributed by atoms with Gasteiger partial charge in [0.15, 0.2) is 0 Å². The number of rotatable bonds is 6. The molecular weight excluding hydrogens is 292 g/mol. The minimum absolute atomic E-state index is 0.0318. The molecule has 0 aliphatic rings. The Hall–Kier alpha value is -0.870. The van der Waals surface area contributed by atoms with Crippen LogP contribution >= 0.6 is 15.9 Å². The quantitative estimate of drug-likeness (QED) is 0.873. The molecule has 1 amide bonds. The lowest BCUT2D eigenvalue weighted by Crippen LogP contribution is -2.30. The lowest BCUT2D eigenvalue weighted by Gasteiger charge is -2.15. The first-order valence-corrected chi connectivity index (χ1v) is 7.06. The zero-order valence-corrected chi connectivity index (χ0v) is 12.9. The molecule has 0 unspecified atom stereocenters. The fourth-order valence-electron chi connectivity index (χ4n) is 1.62. The molecule has 1 aromatic carbocycles. The van der Waals surface area contributed by atoms with E-state index in [1.807, 2.05) is 37.1 Å². The molecule has 0 heterocycles. The minimum Gasteiger partial charge on any atom is -0.325 e. The van der Waals surface area contributed by atoms with Crippen molar-refractivity contribution in [1.82, 2.24) is 4.90 Å². The van der Waals surface area contributed by atoms with Gasteiger partial charge in [0.05, 0.1) is 6.54 Å². The summed E-state index contributed by atoms with van der Waals surface area (Å²) < 4.78 is 1.01. The number of carbonyl (C=O) groups excluding carboxylic acids is 1. The normalized spacial score (nSPS) is 10.7. The fraction of sp³-hybridized carbons (Fsp3) is 0.500. The lowest BCUT2D eigenvalue weighted by atomic mass is 10.2. The highest BCUT2D eigenvalue weighted by atomic mass is 79.9. The molecule has 0 aliphatic heterocycles. The van der Waals surface area contributed by atoms with Gasteiger partial charge in [0.25, 0.3) is 0 Å². The molecule has 18 heavy (non-hydrogen) atoms. The van der Waals surface area contributed by atoms with Gasteiger partial charge in [-0.3, -0.25) is 9.69 Å². The first kappa shape index (κ1) is 15.2. The van der Waals surface area contributed by atoms with Crippen molar-refractivity contribution in [2.75, 3.05) is 25.5 Å². The van der Waals surface area contributed by atoms with E-state index in [2.05, 4.69) is 28.2 Å². The summed E-state index contributed by atoms with van der Waals surface area (Å²) in [5.41, 5.74) is 1.99. The Morgan fingerprint density at radius 3 is 2.78 bits per heavy atom. The fourth-order valence-corrected chi connectivity index (χ4v) is 2.00. The van der Waals surface area contributed by atoms with E-state index in [9.17, 15) is 4.79 Å². The van der Waals surface area contributed by atoms with Crippen LogP contribution in [-0.2, 0) is 4.79 Å². The summed E-state index contributed by atoms with van der Waals surface area (Å²) in [4.78, 5) is 13.9. The molecule has 0 aromatic heterocycles. The van der Waals surface area contributed by atoms with Gasteiger partial charge in [0, 0.05) is 10.2 Å². The standard InChI is InChI=1S/C14H21BrN2O/c1-4-5-8-17(3)10-14(18)16-12-7-6-11(2)13(15)9-12/h6-7,9H,4-5,8,10H2,1-3H3,(H,16,18). The summed E-state index contributed by atoms with van der Waals surface area (Å²) in [6.07, 6.45) is 2.27. The number of hydrogen-bond donors (Lipinski definition) is 1. The van der Waals surface area contributed by atoms with E-state index in [4.69, 9.17) is 0 Å². The number of aryl methyl sites for hydroxylation is 1.